The zero-order valence-electron chi connectivity index (χ0n) is 1.39. The summed E-state index contributed by atoms with van der Waals surface area (Å²) in [6, 6.07) is 0. The van der Waals surface area contributed by atoms with E-state index in [1.54, 1.807) is 0 Å². The molecule has 0 nitrogen and oxygen atoms in total. The number of hydrogen-bond donors (Lipinski definition) is 0. The molecule has 0 aromatic rings. The zero-order valence-corrected chi connectivity index (χ0v) is 7.45. The van der Waals surface area contributed by atoms with E-state index >= 15 is 0 Å². The standard InChI is InChI=1S/CH4.Cu.HI.Zn/h1H4;;1H;/p-1. The molecule has 0 unspecified atom stereocenters. The first-order valence-corrected chi connectivity index (χ1v) is 0. The second kappa shape index (κ2) is 20.8. The maximum absolute atomic E-state index is 0. The van der Waals surface area contributed by atoms with Crippen molar-refractivity contribution in [1.29, 1.82) is 0 Å². The van der Waals surface area contributed by atoms with Crippen LogP contribution in [0.2, 0.25) is 0 Å². The van der Waals surface area contributed by atoms with Crippen LogP contribution in [0.25, 0.3) is 0 Å². The molecule has 0 heterocycles. The van der Waals surface area contributed by atoms with E-state index in [1.165, 1.54) is 0 Å². The predicted octanol–water partition coefficient (Wildman–Crippen LogP) is -2.36. The minimum absolute atomic E-state index is 0. The first-order valence-electron chi connectivity index (χ1n) is 0. The van der Waals surface area contributed by atoms with Crippen LogP contribution < -0.4 is 24.0 Å². The molecule has 3 heteroatoms. The summed E-state index contributed by atoms with van der Waals surface area (Å²) in [5.74, 6) is 0. The fraction of sp³-hybridized carbons (Fsp3) is 1.00. The van der Waals surface area contributed by atoms with Crippen LogP contribution in [0.5, 0.6) is 0 Å². The third kappa shape index (κ3) is 9.11. The molecule has 0 fully saturated rings. The quantitative estimate of drug-likeness (QED) is 0.342. The van der Waals surface area contributed by atoms with E-state index < -0.39 is 0 Å². The molecule has 0 N–H and O–H groups in total. The minimum atomic E-state index is 0. The van der Waals surface area contributed by atoms with E-state index in [9.17, 15) is 0 Å². The van der Waals surface area contributed by atoms with Gasteiger partial charge in [0.15, 0.2) is 0 Å². The van der Waals surface area contributed by atoms with E-state index in [0.717, 1.165) is 0 Å². The summed E-state index contributed by atoms with van der Waals surface area (Å²) in [6.45, 7) is 0. The average Bonchev–Trinajstić information content (AvgIpc) is 0. The van der Waals surface area contributed by atoms with Crippen LogP contribution in [0.15, 0.2) is 0 Å². The van der Waals surface area contributed by atoms with Crippen molar-refractivity contribution < 1.29 is 60.5 Å². The Hall–Kier alpha value is 1.87. The predicted molar refractivity (Wildman–Crippen MR) is 6.73 cm³/mol. The minimum Gasteiger partial charge on any atom is -1.00 e. The van der Waals surface area contributed by atoms with Crippen LogP contribution in [0, 0.1) is 0 Å². The second-order valence-electron chi connectivity index (χ2n) is 0. The van der Waals surface area contributed by atoms with Gasteiger partial charge in [0.25, 0.3) is 0 Å². The van der Waals surface area contributed by atoms with Gasteiger partial charge < -0.3 is 24.0 Å². The van der Waals surface area contributed by atoms with Crippen molar-refractivity contribution in [2.75, 3.05) is 0 Å². The molecule has 0 saturated carbocycles. The summed E-state index contributed by atoms with van der Waals surface area (Å²) in [6.07, 6.45) is 0. The zero-order chi connectivity index (χ0) is 0. The van der Waals surface area contributed by atoms with Crippen molar-refractivity contribution in [1.82, 2.24) is 0 Å². The summed E-state index contributed by atoms with van der Waals surface area (Å²) in [4.78, 5) is 0. The van der Waals surface area contributed by atoms with Crippen molar-refractivity contribution in [3.05, 3.63) is 0 Å². The van der Waals surface area contributed by atoms with Gasteiger partial charge in [0, 0.05) is 36.5 Å². The normalized spacial score (nSPS) is 0. The van der Waals surface area contributed by atoms with Crippen LogP contribution in [-0.4, -0.2) is 0 Å². The fourth-order valence-corrected chi connectivity index (χ4v) is 0. The van der Waals surface area contributed by atoms with Crippen molar-refractivity contribution in [2.24, 2.45) is 0 Å². The molecule has 0 atom stereocenters. The summed E-state index contributed by atoms with van der Waals surface area (Å²) in [5, 5.41) is 0. The molecule has 4 heavy (non-hydrogen) atoms. The largest absolute Gasteiger partial charge is 1.00 e. The van der Waals surface area contributed by atoms with Gasteiger partial charge in [-0.1, -0.05) is 7.43 Å². The summed E-state index contributed by atoms with van der Waals surface area (Å²) >= 11 is 0. The molecule has 0 aliphatic rings. The van der Waals surface area contributed by atoms with Crippen LogP contribution in [0.4, 0.5) is 0 Å². The van der Waals surface area contributed by atoms with Gasteiger partial charge >= 0.3 is 0 Å². The SMILES string of the molecule is C.[Cu].[I-].[Zn]. The van der Waals surface area contributed by atoms with E-state index in [1.807, 2.05) is 0 Å². The second-order valence-corrected chi connectivity index (χ2v) is 0. The van der Waals surface area contributed by atoms with Gasteiger partial charge in [-0.05, 0) is 0 Å². The van der Waals surface area contributed by atoms with E-state index in [-0.39, 0.29) is 67.9 Å². The first kappa shape index (κ1) is 39.8. The van der Waals surface area contributed by atoms with Gasteiger partial charge in [0.2, 0.25) is 0 Å². The van der Waals surface area contributed by atoms with Gasteiger partial charge in [-0.25, -0.2) is 0 Å². The molecular weight excluding hydrogens is 268 g/mol. The Kier molecular flexibility index (Phi) is 207. The Morgan fingerprint density at radius 3 is 1.00 bits per heavy atom. The molecular formula is CH4CuIZn-. The Labute approximate surface area is 67.4 Å². The molecule has 0 aliphatic heterocycles. The van der Waals surface area contributed by atoms with Crippen LogP contribution >= 0.6 is 0 Å². The van der Waals surface area contributed by atoms with Crippen molar-refractivity contribution in [3.8, 4) is 0 Å². The molecule has 0 aliphatic carbocycles. The average molecular weight is 272 g/mol. The third-order valence-corrected chi connectivity index (χ3v) is 0. The van der Waals surface area contributed by atoms with Gasteiger partial charge in [-0.3, -0.25) is 0 Å². The van der Waals surface area contributed by atoms with Gasteiger partial charge in [0.05, 0.1) is 0 Å². The third-order valence-electron chi connectivity index (χ3n) is 0. The molecule has 0 aromatic heterocycles. The molecule has 0 amide bonds. The van der Waals surface area contributed by atoms with Gasteiger partial charge in [-0.15, -0.1) is 0 Å². The molecule has 0 aromatic carbocycles. The number of halogens is 1. The van der Waals surface area contributed by atoms with Gasteiger partial charge in [-0.2, -0.15) is 0 Å². The number of rotatable bonds is 0. The Morgan fingerprint density at radius 1 is 1.00 bits per heavy atom. The Bertz CT molecular complexity index is 8.00. The molecule has 1 radical (unpaired) electrons. The first-order chi connectivity index (χ1) is 0. The Morgan fingerprint density at radius 2 is 1.00 bits per heavy atom. The number of hydrogen-bond acceptors (Lipinski definition) is 0. The van der Waals surface area contributed by atoms with Crippen LogP contribution in [-0.2, 0) is 36.5 Å². The maximum Gasteiger partial charge on any atom is 0 e. The molecule has 0 bridgehead atoms. The monoisotopic (exact) mass is 270 g/mol. The van der Waals surface area contributed by atoms with Crippen LogP contribution in [0.3, 0.4) is 0 Å². The summed E-state index contributed by atoms with van der Waals surface area (Å²) in [5.41, 5.74) is 0. The van der Waals surface area contributed by atoms with Crippen molar-refractivity contribution in [3.63, 3.8) is 0 Å². The van der Waals surface area contributed by atoms with Crippen molar-refractivity contribution in [2.45, 2.75) is 7.43 Å². The molecule has 29 valence electrons. The summed E-state index contributed by atoms with van der Waals surface area (Å²) < 4.78 is 0. The van der Waals surface area contributed by atoms with E-state index in [2.05, 4.69) is 0 Å². The van der Waals surface area contributed by atoms with Crippen LogP contribution in [0.1, 0.15) is 7.43 Å². The smallest absolute Gasteiger partial charge is 0 e. The maximum atomic E-state index is 0. The van der Waals surface area contributed by atoms with E-state index in [4.69, 9.17) is 0 Å². The van der Waals surface area contributed by atoms with Gasteiger partial charge in [0.1, 0.15) is 0 Å². The van der Waals surface area contributed by atoms with Crippen molar-refractivity contribution >= 4 is 0 Å². The molecule has 0 rings (SSSR count). The Balaban J connectivity index is 0. The summed E-state index contributed by atoms with van der Waals surface area (Å²) in [7, 11) is 0. The fourth-order valence-electron chi connectivity index (χ4n) is 0. The molecule has 0 spiro atoms. The van der Waals surface area contributed by atoms with E-state index in [0.29, 0.717) is 0 Å². The molecule has 0 saturated heterocycles. The topological polar surface area (TPSA) is 0 Å².